The number of aromatic nitrogens is 1. The van der Waals surface area contributed by atoms with Gasteiger partial charge >= 0.3 is 29.6 Å². The van der Waals surface area contributed by atoms with Crippen molar-refractivity contribution in [1.29, 1.82) is 0 Å². The number of carboxylic acid groups (broad SMARTS) is 1. The van der Waals surface area contributed by atoms with Gasteiger partial charge in [0.25, 0.3) is 0 Å². The largest absolute Gasteiger partial charge is 1.00 e. The van der Waals surface area contributed by atoms with Crippen molar-refractivity contribution in [1.82, 2.24) is 4.98 Å². The van der Waals surface area contributed by atoms with E-state index in [1.165, 1.54) is 0 Å². The van der Waals surface area contributed by atoms with Gasteiger partial charge in [0, 0.05) is 22.7 Å². The van der Waals surface area contributed by atoms with Crippen molar-refractivity contribution in [2.45, 2.75) is 12.3 Å². The molecule has 0 amide bonds. The number of hydrogen-bond donors (Lipinski definition) is 0. The van der Waals surface area contributed by atoms with E-state index in [-0.39, 0.29) is 29.6 Å². The summed E-state index contributed by atoms with van der Waals surface area (Å²) in [4.78, 5) is 16.2. The average Bonchev–Trinajstić information content (AvgIpc) is 2.79. The van der Waals surface area contributed by atoms with Gasteiger partial charge in [-0.25, -0.2) is 0 Å². The number of aliphatic carboxylic acids is 1. The van der Waals surface area contributed by atoms with E-state index in [1.54, 1.807) is 35.7 Å². The van der Waals surface area contributed by atoms with Crippen LogP contribution in [0.3, 0.4) is 0 Å². The minimum atomic E-state index is -1.08. The second-order valence-corrected chi connectivity index (χ2v) is 4.44. The Hall–Kier alpha value is -0.680. The van der Waals surface area contributed by atoms with Crippen molar-refractivity contribution in [3.8, 4) is 0 Å². The van der Waals surface area contributed by atoms with Crippen LogP contribution in [0.5, 0.6) is 0 Å². The molecule has 2 rings (SSSR count). The molecule has 0 fully saturated rings. The third-order valence-corrected chi connectivity index (χ3v) is 3.21. The second kappa shape index (κ2) is 6.91. The summed E-state index contributed by atoms with van der Waals surface area (Å²) in [6.07, 6.45) is 2.04. The van der Waals surface area contributed by atoms with Crippen molar-refractivity contribution < 1.29 is 39.5 Å². The molecule has 0 aliphatic rings. The van der Waals surface area contributed by atoms with Crippen molar-refractivity contribution in [3.63, 3.8) is 0 Å². The summed E-state index contributed by atoms with van der Waals surface area (Å²) in [5, 5.41) is 13.0. The van der Waals surface area contributed by atoms with Crippen molar-refractivity contribution >= 4 is 17.3 Å². The first kappa shape index (κ1) is 14.4. The van der Waals surface area contributed by atoms with E-state index in [2.05, 4.69) is 4.98 Å². The number of carbonyl (C=O) groups is 1. The molecule has 0 aliphatic carbocycles. The van der Waals surface area contributed by atoms with Gasteiger partial charge in [-0.3, -0.25) is 4.98 Å². The van der Waals surface area contributed by atoms with Gasteiger partial charge < -0.3 is 9.90 Å². The molecule has 5 heteroatoms. The summed E-state index contributed by atoms with van der Waals surface area (Å²) in [7, 11) is 0. The van der Waals surface area contributed by atoms with Crippen LogP contribution in [0.25, 0.3) is 0 Å². The fourth-order valence-electron chi connectivity index (χ4n) is 1.52. The number of carboxylic acids is 1. The molecule has 82 valence electrons. The Kier molecular flexibility index (Phi) is 5.85. The Labute approximate surface area is 126 Å². The summed E-state index contributed by atoms with van der Waals surface area (Å²) in [6.45, 7) is 0. The first-order chi connectivity index (χ1) is 7.77. The Bertz CT molecular complexity index is 459. The molecule has 0 saturated carbocycles. The average molecular weight is 255 g/mol. The summed E-state index contributed by atoms with van der Waals surface area (Å²) in [5.74, 6) is -1.74. The van der Waals surface area contributed by atoms with E-state index in [1.807, 2.05) is 17.5 Å². The van der Waals surface area contributed by atoms with Crippen LogP contribution >= 0.6 is 11.3 Å². The van der Waals surface area contributed by atoms with E-state index < -0.39 is 11.9 Å². The molecule has 0 radical (unpaired) electrons. The Morgan fingerprint density at radius 3 is 2.71 bits per heavy atom. The maximum absolute atomic E-state index is 11.1. The topological polar surface area (TPSA) is 53.0 Å². The van der Waals surface area contributed by atoms with Crippen LogP contribution in [0, 0.1) is 0 Å². The molecule has 2 heterocycles. The Morgan fingerprint density at radius 2 is 2.18 bits per heavy atom. The fraction of sp³-hybridized carbons (Fsp3) is 0.167. The molecule has 1 atom stereocenters. The number of carbonyl (C=O) groups excluding carboxylic acids is 1. The first-order valence-electron chi connectivity index (χ1n) is 4.91. The minimum absolute atomic E-state index is 0. The van der Waals surface area contributed by atoms with Crippen LogP contribution < -0.4 is 34.7 Å². The van der Waals surface area contributed by atoms with E-state index in [0.29, 0.717) is 12.1 Å². The number of pyridine rings is 1. The van der Waals surface area contributed by atoms with Crippen LogP contribution in [0.2, 0.25) is 0 Å². The molecule has 0 N–H and O–H groups in total. The van der Waals surface area contributed by atoms with Crippen molar-refractivity contribution in [2.24, 2.45) is 0 Å². The molecule has 1 unspecified atom stereocenters. The number of hydrogen-bond acceptors (Lipinski definition) is 4. The second-order valence-electron chi connectivity index (χ2n) is 3.41. The molecule has 2 aromatic rings. The van der Waals surface area contributed by atoms with Crippen molar-refractivity contribution in [3.05, 3.63) is 52.5 Å². The zero-order valence-electron chi connectivity index (χ0n) is 9.50. The Morgan fingerprint density at radius 1 is 1.35 bits per heavy atom. The van der Waals surface area contributed by atoms with Crippen LogP contribution in [0.15, 0.2) is 41.9 Å². The zero-order valence-corrected chi connectivity index (χ0v) is 12.3. The molecule has 0 aliphatic heterocycles. The van der Waals surface area contributed by atoms with E-state index in [4.69, 9.17) is 0 Å². The molecular weight excluding hydrogens is 245 g/mol. The zero-order chi connectivity index (χ0) is 11.4. The molecular formula is C12H10NNaO2S. The predicted octanol–water partition coefficient (Wildman–Crippen LogP) is -1.78. The number of rotatable bonds is 4. The van der Waals surface area contributed by atoms with Gasteiger partial charge in [-0.15, -0.1) is 11.3 Å². The third kappa shape index (κ3) is 3.92. The quantitative estimate of drug-likeness (QED) is 0.607. The molecule has 2 aromatic heterocycles. The van der Waals surface area contributed by atoms with E-state index >= 15 is 0 Å². The third-order valence-electron chi connectivity index (χ3n) is 2.31. The molecule has 0 spiro atoms. The van der Waals surface area contributed by atoms with Gasteiger partial charge in [-0.1, -0.05) is 12.1 Å². The smallest absolute Gasteiger partial charge is 0.549 e. The van der Waals surface area contributed by atoms with Gasteiger partial charge in [-0.2, -0.15) is 0 Å². The molecule has 0 aromatic carbocycles. The SMILES string of the molecule is O=C([O-])C(Cc1cccs1)c1ccccn1.[Na+]. The minimum Gasteiger partial charge on any atom is -0.549 e. The maximum Gasteiger partial charge on any atom is 1.00 e. The standard InChI is InChI=1S/C12H11NO2S.Na/c14-12(15)10(8-9-4-3-7-16-9)11-5-1-2-6-13-11;/h1-7,10H,8H2,(H,14,15);/q;+1/p-1. The van der Waals surface area contributed by atoms with Crippen LogP contribution in [0.1, 0.15) is 16.5 Å². The van der Waals surface area contributed by atoms with Crippen molar-refractivity contribution in [2.75, 3.05) is 0 Å². The number of thiophene rings is 1. The summed E-state index contributed by atoms with van der Waals surface area (Å²) in [6, 6.07) is 9.09. The van der Waals surface area contributed by atoms with E-state index in [0.717, 1.165) is 4.88 Å². The van der Waals surface area contributed by atoms with Crippen LogP contribution in [-0.2, 0) is 11.2 Å². The van der Waals surface area contributed by atoms with Crippen LogP contribution in [-0.4, -0.2) is 11.0 Å². The van der Waals surface area contributed by atoms with Gasteiger partial charge in [-0.05, 0) is 30.0 Å². The molecule has 3 nitrogen and oxygen atoms in total. The molecule has 0 bridgehead atoms. The Balaban J connectivity index is 0.00000144. The number of nitrogens with zero attached hydrogens (tertiary/aromatic N) is 1. The molecule has 0 saturated heterocycles. The van der Waals surface area contributed by atoms with Gasteiger partial charge in [0.2, 0.25) is 0 Å². The summed E-state index contributed by atoms with van der Waals surface area (Å²) >= 11 is 1.54. The van der Waals surface area contributed by atoms with Crippen LogP contribution in [0.4, 0.5) is 0 Å². The first-order valence-corrected chi connectivity index (χ1v) is 5.79. The van der Waals surface area contributed by atoms with Gasteiger partial charge in [0.1, 0.15) is 0 Å². The van der Waals surface area contributed by atoms with Gasteiger partial charge in [0.15, 0.2) is 0 Å². The monoisotopic (exact) mass is 255 g/mol. The fourth-order valence-corrected chi connectivity index (χ4v) is 2.27. The normalized spacial score (nSPS) is 11.5. The predicted molar refractivity (Wildman–Crippen MR) is 60.0 cm³/mol. The summed E-state index contributed by atoms with van der Waals surface area (Å²) < 4.78 is 0. The van der Waals surface area contributed by atoms with Gasteiger partial charge in [0.05, 0.1) is 5.97 Å². The maximum atomic E-state index is 11.1. The molecule has 17 heavy (non-hydrogen) atoms. The summed E-state index contributed by atoms with van der Waals surface area (Å²) in [5.41, 5.74) is 0.552. The van der Waals surface area contributed by atoms with E-state index in [9.17, 15) is 9.90 Å².